The van der Waals surface area contributed by atoms with Crippen molar-refractivity contribution in [3.63, 3.8) is 0 Å². The van der Waals surface area contributed by atoms with E-state index in [0.29, 0.717) is 19.0 Å². The van der Waals surface area contributed by atoms with Crippen LogP contribution in [0.15, 0.2) is 54.6 Å². The Hall–Kier alpha value is -1.87. The third-order valence-corrected chi connectivity index (χ3v) is 3.13. The van der Waals surface area contributed by atoms with Crippen molar-refractivity contribution >= 4 is 17.5 Å². The fourth-order valence-electron chi connectivity index (χ4n) is 1.96. The van der Waals surface area contributed by atoms with Gasteiger partial charge in [0.05, 0.1) is 5.56 Å². The highest BCUT2D eigenvalue weighted by molar-refractivity contribution is 6.18. The van der Waals surface area contributed by atoms with Gasteiger partial charge >= 0.3 is 0 Å². The van der Waals surface area contributed by atoms with E-state index in [1.54, 1.807) is 17.0 Å². The first kappa shape index (κ1) is 14.5. The average Bonchev–Trinajstić information content (AvgIpc) is 2.48. The first-order chi connectivity index (χ1) is 9.72. The van der Waals surface area contributed by atoms with Crippen LogP contribution in [-0.4, -0.2) is 23.2 Å². The van der Waals surface area contributed by atoms with Gasteiger partial charge in [-0.2, -0.15) is 0 Å². The molecule has 0 fully saturated rings. The zero-order valence-electron chi connectivity index (χ0n) is 10.9. The molecule has 0 unspecified atom stereocenters. The van der Waals surface area contributed by atoms with E-state index in [-0.39, 0.29) is 11.5 Å². The number of rotatable bonds is 5. The van der Waals surface area contributed by atoms with Gasteiger partial charge in [0, 0.05) is 19.0 Å². The van der Waals surface area contributed by atoms with Gasteiger partial charge in [-0.15, -0.1) is 11.6 Å². The van der Waals surface area contributed by atoms with Crippen molar-refractivity contribution < 1.29 is 9.18 Å². The van der Waals surface area contributed by atoms with Crippen molar-refractivity contribution in [2.24, 2.45) is 0 Å². The Morgan fingerprint density at radius 2 is 1.70 bits per heavy atom. The molecule has 0 aliphatic carbocycles. The molecule has 104 valence electrons. The SMILES string of the molecule is O=C(c1ccccc1F)N(CCCl)Cc1ccccc1. The Bertz CT molecular complexity index is 574. The Morgan fingerprint density at radius 3 is 2.35 bits per heavy atom. The molecule has 2 aromatic rings. The van der Waals surface area contributed by atoms with E-state index in [2.05, 4.69) is 0 Å². The van der Waals surface area contributed by atoms with Gasteiger partial charge in [-0.05, 0) is 17.7 Å². The molecule has 0 aromatic heterocycles. The van der Waals surface area contributed by atoms with Gasteiger partial charge in [0.1, 0.15) is 5.82 Å². The van der Waals surface area contributed by atoms with Gasteiger partial charge in [0.25, 0.3) is 5.91 Å². The van der Waals surface area contributed by atoms with Gasteiger partial charge in [0.2, 0.25) is 0 Å². The molecule has 0 atom stereocenters. The molecule has 2 nitrogen and oxygen atoms in total. The molecule has 0 saturated heterocycles. The summed E-state index contributed by atoms with van der Waals surface area (Å²) in [4.78, 5) is 13.9. The Balaban J connectivity index is 2.20. The topological polar surface area (TPSA) is 20.3 Å². The molecule has 0 N–H and O–H groups in total. The van der Waals surface area contributed by atoms with E-state index in [1.165, 1.54) is 12.1 Å². The molecule has 0 heterocycles. The monoisotopic (exact) mass is 291 g/mol. The predicted molar refractivity (Wildman–Crippen MR) is 78.3 cm³/mol. The van der Waals surface area contributed by atoms with Crippen LogP contribution in [0.1, 0.15) is 15.9 Å². The molecule has 0 bridgehead atoms. The van der Waals surface area contributed by atoms with Crippen molar-refractivity contribution in [3.8, 4) is 0 Å². The maximum Gasteiger partial charge on any atom is 0.257 e. The molecule has 20 heavy (non-hydrogen) atoms. The molecule has 0 aliphatic rings. The Morgan fingerprint density at radius 1 is 1.05 bits per heavy atom. The van der Waals surface area contributed by atoms with E-state index in [1.807, 2.05) is 30.3 Å². The zero-order valence-corrected chi connectivity index (χ0v) is 11.7. The van der Waals surface area contributed by atoms with Crippen LogP contribution >= 0.6 is 11.6 Å². The average molecular weight is 292 g/mol. The third kappa shape index (κ3) is 3.58. The van der Waals surface area contributed by atoms with Gasteiger partial charge < -0.3 is 4.90 Å². The van der Waals surface area contributed by atoms with Crippen LogP contribution < -0.4 is 0 Å². The normalized spacial score (nSPS) is 10.3. The van der Waals surface area contributed by atoms with Crippen molar-refractivity contribution in [2.75, 3.05) is 12.4 Å². The summed E-state index contributed by atoms with van der Waals surface area (Å²) in [6.45, 7) is 0.796. The third-order valence-electron chi connectivity index (χ3n) is 2.96. The number of benzene rings is 2. The molecule has 0 radical (unpaired) electrons. The fourth-order valence-corrected chi connectivity index (χ4v) is 2.17. The highest BCUT2D eigenvalue weighted by atomic mass is 35.5. The molecule has 2 rings (SSSR count). The lowest BCUT2D eigenvalue weighted by atomic mass is 10.1. The van der Waals surface area contributed by atoms with E-state index < -0.39 is 5.82 Å². The van der Waals surface area contributed by atoms with Crippen molar-refractivity contribution in [3.05, 3.63) is 71.5 Å². The molecular formula is C16H15ClFNO. The van der Waals surface area contributed by atoms with Crippen LogP contribution in [0.2, 0.25) is 0 Å². The quantitative estimate of drug-likeness (QED) is 0.769. The van der Waals surface area contributed by atoms with Gasteiger partial charge in [-0.1, -0.05) is 42.5 Å². The van der Waals surface area contributed by atoms with Gasteiger partial charge in [-0.3, -0.25) is 4.79 Å². The van der Waals surface area contributed by atoms with E-state index in [4.69, 9.17) is 11.6 Å². The van der Waals surface area contributed by atoms with Crippen molar-refractivity contribution in [1.29, 1.82) is 0 Å². The lowest BCUT2D eigenvalue weighted by Gasteiger charge is -2.22. The second-order valence-electron chi connectivity index (χ2n) is 4.38. The number of alkyl halides is 1. The summed E-state index contributed by atoms with van der Waals surface area (Å²) in [6.07, 6.45) is 0. The molecule has 0 aliphatic heterocycles. The minimum Gasteiger partial charge on any atom is -0.333 e. The number of halogens is 2. The lowest BCUT2D eigenvalue weighted by molar-refractivity contribution is 0.0749. The fraction of sp³-hybridized carbons (Fsp3) is 0.188. The number of carbonyl (C=O) groups excluding carboxylic acids is 1. The van der Waals surface area contributed by atoms with Crippen molar-refractivity contribution in [1.82, 2.24) is 4.90 Å². The first-order valence-corrected chi connectivity index (χ1v) is 6.89. The highest BCUT2D eigenvalue weighted by Crippen LogP contribution is 2.13. The van der Waals surface area contributed by atoms with Crippen LogP contribution in [0, 0.1) is 5.82 Å². The Kier molecular flexibility index (Phi) is 5.13. The summed E-state index contributed by atoms with van der Waals surface area (Å²) in [5.74, 6) is -0.537. The minimum absolute atomic E-state index is 0.0774. The number of amides is 1. The van der Waals surface area contributed by atoms with Crippen molar-refractivity contribution in [2.45, 2.75) is 6.54 Å². The smallest absolute Gasteiger partial charge is 0.257 e. The summed E-state index contributed by atoms with van der Waals surface area (Å²) in [5.41, 5.74) is 1.07. The van der Waals surface area contributed by atoms with Crippen LogP contribution in [0.4, 0.5) is 4.39 Å². The number of nitrogens with zero attached hydrogens (tertiary/aromatic N) is 1. The van der Waals surface area contributed by atoms with Gasteiger partial charge in [0.15, 0.2) is 0 Å². The molecular weight excluding hydrogens is 277 g/mol. The summed E-state index contributed by atoms with van der Waals surface area (Å²) in [5, 5.41) is 0. The summed E-state index contributed by atoms with van der Waals surface area (Å²) >= 11 is 5.75. The van der Waals surface area contributed by atoms with E-state index in [0.717, 1.165) is 5.56 Å². The molecule has 2 aromatic carbocycles. The second-order valence-corrected chi connectivity index (χ2v) is 4.76. The minimum atomic E-state index is -0.509. The Labute approximate surface area is 122 Å². The van der Waals surface area contributed by atoms with Crippen LogP contribution in [0.5, 0.6) is 0 Å². The van der Waals surface area contributed by atoms with E-state index >= 15 is 0 Å². The van der Waals surface area contributed by atoms with Crippen LogP contribution in [0.3, 0.4) is 0 Å². The van der Waals surface area contributed by atoms with Gasteiger partial charge in [-0.25, -0.2) is 4.39 Å². The molecule has 0 spiro atoms. The van der Waals surface area contributed by atoms with Crippen LogP contribution in [-0.2, 0) is 6.54 Å². The number of hydrogen-bond acceptors (Lipinski definition) is 1. The second kappa shape index (κ2) is 7.06. The summed E-state index contributed by atoms with van der Waals surface area (Å²) in [6, 6.07) is 15.6. The maximum atomic E-state index is 13.7. The number of carbonyl (C=O) groups is 1. The predicted octanol–water partition coefficient (Wildman–Crippen LogP) is 3.71. The lowest BCUT2D eigenvalue weighted by Crippen LogP contribution is -2.32. The molecule has 4 heteroatoms. The summed E-state index contributed by atoms with van der Waals surface area (Å²) < 4.78 is 13.7. The van der Waals surface area contributed by atoms with E-state index in [9.17, 15) is 9.18 Å². The highest BCUT2D eigenvalue weighted by Gasteiger charge is 2.18. The maximum absolute atomic E-state index is 13.7. The standard InChI is InChI=1S/C16H15ClFNO/c17-10-11-19(12-13-6-2-1-3-7-13)16(20)14-8-4-5-9-15(14)18/h1-9H,10-12H2. The summed E-state index contributed by atoms with van der Waals surface area (Å²) in [7, 11) is 0. The number of hydrogen-bond donors (Lipinski definition) is 0. The van der Waals surface area contributed by atoms with Crippen LogP contribution in [0.25, 0.3) is 0 Å². The largest absolute Gasteiger partial charge is 0.333 e. The zero-order chi connectivity index (χ0) is 14.4. The first-order valence-electron chi connectivity index (χ1n) is 6.36. The molecule has 1 amide bonds. The molecule has 0 saturated carbocycles.